The molecule has 3 aromatic rings. The highest BCUT2D eigenvalue weighted by atomic mass is 32.2. The third-order valence-corrected chi connectivity index (χ3v) is 7.81. The molecule has 1 amide bonds. The van der Waals surface area contributed by atoms with E-state index in [4.69, 9.17) is 5.73 Å². The van der Waals surface area contributed by atoms with Crippen molar-refractivity contribution < 1.29 is 44.3 Å². The molecule has 4 rings (SSSR count). The molecule has 3 N–H and O–H groups in total. The van der Waals surface area contributed by atoms with E-state index in [-0.39, 0.29) is 33.9 Å². The quantitative estimate of drug-likeness (QED) is 0.359. The Balaban J connectivity index is 1.86. The zero-order valence-electron chi connectivity index (χ0n) is 19.7. The molecule has 1 fully saturated rings. The normalized spacial score (nSPS) is 15.6. The summed E-state index contributed by atoms with van der Waals surface area (Å²) in [6, 6.07) is 1.50. The summed E-state index contributed by atoms with van der Waals surface area (Å²) in [5.41, 5.74) is 5.70. The molecule has 1 atom stereocenters. The number of primary amides is 1. The second-order valence-electron chi connectivity index (χ2n) is 8.72. The first-order valence-corrected chi connectivity index (χ1v) is 12.9. The predicted octanol–water partition coefficient (Wildman–Crippen LogP) is 4.89. The number of hydrogen-bond acceptors (Lipinski definition) is 5. The fraction of sp³-hybridized carbons (Fsp3) is 0.391. The van der Waals surface area contributed by atoms with Crippen molar-refractivity contribution in [1.29, 1.82) is 0 Å². The Hall–Kier alpha value is -3.33. The predicted molar refractivity (Wildman–Crippen MR) is 124 cm³/mol. The van der Waals surface area contributed by atoms with Gasteiger partial charge in [0, 0.05) is 23.7 Å². The van der Waals surface area contributed by atoms with Crippen LogP contribution in [-0.2, 0) is 10.0 Å². The Labute approximate surface area is 212 Å². The van der Waals surface area contributed by atoms with E-state index < -0.39 is 57.6 Å². The van der Waals surface area contributed by atoms with Gasteiger partial charge in [-0.1, -0.05) is 6.92 Å². The first-order valence-electron chi connectivity index (χ1n) is 11.4. The van der Waals surface area contributed by atoms with Crippen molar-refractivity contribution in [3.63, 3.8) is 0 Å². The number of hydrogen-bond donors (Lipinski definition) is 2. The van der Waals surface area contributed by atoms with Crippen LogP contribution in [0.1, 0.15) is 49.0 Å². The zero-order chi connectivity index (χ0) is 28.0. The SMILES string of the molecule is CC[C@H](NS(=O)(=O)c1ccc(-c2c(C(N)=O)c3cc(F)c(OC(F)F)cc3n2C2CCC2)nc1)C(F)(F)F. The highest BCUT2D eigenvalue weighted by Gasteiger charge is 2.41. The van der Waals surface area contributed by atoms with Crippen molar-refractivity contribution in [2.24, 2.45) is 5.73 Å². The molecule has 0 aliphatic heterocycles. The third-order valence-electron chi connectivity index (χ3n) is 6.35. The summed E-state index contributed by atoms with van der Waals surface area (Å²) in [6.07, 6.45) is -2.46. The lowest BCUT2D eigenvalue weighted by molar-refractivity contribution is -0.151. The second kappa shape index (κ2) is 10.1. The van der Waals surface area contributed by atoms with Crippen LogP contribution < -0.4 is 15.2 Å². The highest BCUT2D eigenvalue weighted by Crippen LogP contribution is 2.43. The number of rotatable bonds is 9. The van der Waals surface area contributed by atoms with Crippen LogP contribution in [0.3, 0.4) is 0 Å². The van der Waals surface area contributed by atoms with Gasteiger partial charge in [-0.3, -0.25) is 9.78 Å². The summed E-state index contributed by atoms with van der Waals surface area (Å²) in [6.45, 7) is -2.13. The molecular weight excluding hydrogens is 542 g/mol. The molecule has 206 valence electrons. The lowest BCUT2D eigenvalue weighted by Crippen LogP contribution is -2.44. The number of sulfonamides is 1. The lowest BCUT2D eigenvalue weighted by Gasteiger charge is -2.30. The number of benzene rings is 1. The number of nitrogens with zero attached hydrogens (tertiary/aromatic N) is 2. The van der Waals surface area contributed by atoms with Crippen LogP contribution in [0.15, 0.2) is 35.4 Å². The van der Waals surface area contributed by atoms with E-state index >= 15 is 0 Å². The first kappa shape index (κ1) is 27.7. The number of alkyl halides is 5. The van der Waals surface area contributed by atoms with E-state index in [2.05, 4.69) is 9.72 Å². The maximum absolute atomic E-state index is 14.6. The summed E-state index contributed by atoms with van der Waals surface area (Å²) >= 11 is 0. The Bertz CT molecular complexity index is 1470. The van der Waals surface area contributed by atoms with Gasteiger partial charge >= 0.3 is 12.8 Å². The molecule has 0 spiro atoms. The largest absolute Gasteiger partial charge is 0.432 e. The van der Waals surface area contributed by atoms with Crippen LogP contribution in [0.4, 0.5) is 26.3 Å². The molecule has 1 aliphatic rings. The summed E-state index contributed by atoms with van der Waals surface area (Å²) in [7, 11) is -4.62. The van der Waals surface area contributed by atoms with Crippen LogP contribution in [-0.4, -0.2) is 42.7 Å². The minimum absolute atomic E-state index is 0.00893. The Morgan fingerprint density at radius 3 is 2.42 bits per heavy atom. The minimum atomic E-state index is -4.81. The van der Waals surface area contributed by atoms with Crippen molar-refractivity contribution in [2.75, 3.05) is 0 Å². The molecule has 15 heteroatoms. The zero-order valence-corrected chi connectivity index (χ0v) is 20.5. The van der Waals surface area contributed by atoms with E-state index in [1.54, 1.807) is 9.29 Å². The van der Waals surface area contributed by atoms with Crippen LogP contribution >= 0.6 is 0 Å². The Kier molecular flexibility index (Phi) is 7.36. The summed E-state index contributed by atoms with van der Waals surface area (Å²) in [5, 5.41) is 0.00893. The van der Waals surface area contributed by atoms with Crippen LogP contribution in [0, 0.1) is 5.82 Å². The summed E-state index contributed by atoms with van der Waals surface area (Å²) < 4.78 is 112. The van der Waals surface area contributed by atoms with Crippen molar-refractivity contribution in [3.8, 4) is 17.1 Å². The monoisotopic (exact) mass is 564 g/mol. The fourth-order valence-corrected chi connectivity index (χ4v) is 5.59. The Morgan fingerprint density at radius 2 is 1.95 bits per heavy atom. The molecule has 0 radical (unpaired) electrons. The summed E-state index contributed by atoms with van der Waals surface area (Å²) in [4.78, 5) is 16.0. The smallest absolute Gasteiger partial charge is 0.404 e. The fourth-order valence-electron chi connectivity index (χ4n) is 4.34. The molecule has 0 bridgehead atoms. The molecule has 0 saturated heterocycles. The van der Waals surface area contributed by atoms with Crippen molar-refractivity contribution >= 4 is 26.8 Å². The van der Waals surface area contributed by atoms with Crippen molar-refractivity contribution in [1.82, 2.24) is 14.3 Å². The van der Waals surface area contributed by atoms with Gasteiger partial charge in [0.1, 0.15) is 10.9 Å². The van der Waals surface area contributed by atoms with E-state index in [1.807, 2.05) is 0 Å². The lowest BCUT2D eigenvalue weighted by atomic mass is 9.92. The van der Waals surface area contributed by atoms with Gasteiger partial charge in [0.05, 0.1) is 22.5 Å². The number of carbonyl (C=O) groups excluding carboxylic acids is 1. The number of halogens is 6. The summed E-state index contributed by atoms with van der Waals surface area (Å²) in [5.74, 6) is -2.89. The van der Waals surface area contributed by atoms with Crippen LogP contribution in [0.25, 0.3) is 22.3 Å². The van der Waals surface area contributed by atoms with Crippen molar-refractivity contribution in [2.45, 2.75) is 62.4 Å². The standard InChI is InChI=1S/C23H22F6N4O4S/c1-2-18(23(27,28)29)32-38(35,36)12-6-7-15(31-10-12)20-19(21(30)34)13-8-14(24)17(37-22(25)26)9-16(13)33(20)11-4-3-5-11/h6-11,18,22,32H,2-5H2,1H3,(H2,30,34)/t18-/m0/s1. The molecule has 38 heavy (non-hydrogen) atoms. The molecule has 1 aromatic carbocycles. The topological polar surface area (TPSA) is 116 Å². The average molecular weight is 565 g/mol. The van der Waals surface area contributed by atoms with Crippen LogP contribution in [0.5, 0.6) is 5.75 Å². The molecule has 8 nitrogen and oxygen atoms in total. The van der Waals surface area contributed by atoms with Gasteiger partial charge in [-0.15, -0.1) is 0 Å². The van der Waals surface area contributed by atoms with Gasteiger partial charge in [0.15, 0.2) is 11.6 Å². The maximum Gasteiger partial charge on any atom is 0.404 e. The molecular formula is C23H22F6N4O4S. The van der Waals surface area contributed by atoms with E-state index in [0.717, 1.165) is 30.8 Å². The number of nitrogens with one attached hydrogen (secondary N) is 1. The number of aromatic nitrogens is 2. The van der Waals surface area contributed by atoms with E-state index in [0.29, 0.717) is 12.8 Å². The maximum atomic E-state index is 14.6. The van der Waals surface area contributed by atoms with E-state index in [9.17, 15) is 39.6 Å². The van der Waals surface area contributed by atoms with Gasteiger partial charge in [-0.2, -0.15) is 26.7 Å². The average Bonchev–Trinajstić information content (AvgIpc) is 3.09. The van der Waals surface area contributed by atoms with Crippen molar-refractivity contribution in [3.05, 3.63) is 41.8 Å². The number of carbonyl (C=O) groups is 1. The molecule has 2 heterocycles. The highest BCUT2D eigenvalue weighted by molar-refractivity contribution is 7.89. The number of ether oxygens (including phenoxy) is 1. The molecule has 1 saturated carbocycles. The van der Waals surface area contributed by atoms with Gasteiger partial charge in [0.25, 0.3) is 5.91 Å². The minimum Gasteiger partial charge on any atom is -0.432 e. The van der Waals surface area contributed by atoms with Crippen LogP contribution in [0.2, 0.25) is 0 Å². The Morgan fingerprint density at radius 1 is 1.26 bits per heavy atom. The molecule has 2 aromatic heterocycles. The second-order valence-corrected chi connectivity index (χ2v) is 10.4. The van der Waals surface area contributed by atoms with Gasteiger partial charge in [-0.25, -0.2) is 12.8 Å². The third kappa shape index (κ3) is 5.16. The van der Waals surface area contributed by atoms with Gasteiger partial charge in [0.2, 0.25) is 10.0 Å². The van der Waals surface area contributed by atoms with Gasteiger partial charge in [-0.05, 0) is 43.9 Å². The number of fused-ring (bicyclic) bond motifs is 1. The number of amides is 1. The number of nitrogens with two attached hydrogens (primary N) is 1. The van der Waals surface area contributed by atoms with Gasteiger partial charge < -0.3 is 15.0 Å². The van der Waals surface area contributed by atoms with E-state index in [1.165, 1.54) is 13.0 Å². The first-order chi connectivity index (χ1) is 17.7. The number of pyridine rings is 1. The molecule has 1 aliphatic carbocycles. The molecule has 0 unspecified atom stereocenters.